The van der Waals surface area contributed by atoms with Gasteiger partial charge in [0.2, 0.25) is 0 Å². The Morgan fingerprint density at radius 3 is 2.94 bits per heavy atom. The molecule has 4 heteroatoms. The Bertz CT molecular complexity index is 581. The fourth-order valence-corrected chi connectivity index (χ4v) is 1.86. The SMILES string of the molecule is CCc1ccc(OC)c(-c2cnn(CC#N)c2)c1. The summed E-state index contributed by atoms with van der Waals surface area (Å²) in [6.45, 7) is 2.38. The number of nitriles is 1. The van der Waals surface area contributed by atoms with Crippen LogP contribution in [0, 0.1) is 11.3 Å². The van der Waals surface area contributed by atoms with E-state index in [1.807, 2.05) is 12.3 Å². The van der Waals surface area contributed by atoms with Crippen LogP contribution >= 0.6 is 0 Å². The number of hydrogen-bond donors (Lipinski definition) is 0. The molecule has 0 saturated carbocycles. The first-order chi connectivity index (χ1) is 8.78. The third-order valence-corrected chi connectivity index (χ3v) is 2.85. The maximum atomic E-state index is 8.65. The molecule has 0 N–H and O–H groups in total. The molecule has 0 bridgehead atoms. The Kier molecular flexibility index (Phi) is 3.63. The Balaban J connectivity index is 2.44. The maximum absolute atomic E-state index is 8.65. The number of benzene rings is 1. The maximum Gasteiger partial charge on any atom is 0.128 e. The fourth-order valence-electron chi connectivity index (χ4n) is 1.86. The normalized spacial score (nSPS) is 10.1. The molecule has 0 radical (unpaired) electrons. The minimum Gasteiger partial charge on any atom is -0.496 e. The van der Waals surface area contributed by atoms with Gasteiger partial charge in [-0.1, -0.05) is 13.0 Å². The summed E-state index contributed by atoms with van der Waals surface area (Å²) in [6.07, 6.45) is 4.60. The molecule has 2 rings (SSSR count). The number of aromatic nitrogens is 2. The van der Waals surface area contributed by atoms with Crippen molar-refractivity contribution in [1.82, 2.24) is 9.78 Å². The van der Waals surface area contributed by atoms with Gasteiger partial charge in [0.05, 0.1) is 19.4 Å². The van der Waals surface area contributed by atoms with Gasteiger partial charge in [0.1, 0.15) is 12.3 Å². The zero-order valence-corrected chi connectivity index (χ0v) is 10.6. The molecule has 0 unspecified atom stereocenters. The number of rotatable bonds is 4. The lowest BCUT2D eigenvalue weighted by Gasteiger charge is -2.08. The molecule has 92 valence electrons. The van der Waals surface area contributed by atoms with Gasteiger partial charge in [-0.05, 0) is 24.1 Å². The third-order valence-electron chi connectivity index (χ3n) is 2.85. The summed E-state index contributed by atoms with van der Waals surface area (Å²) < 4.78 is 6.98. The van der Waals surface area contributed by atoms with Crippen LogP contribution in [0.2, 0.25) is 0 Å². The van der Waals surface area contributed by atoms with Crippen molar-refractivity contribution >= 4 is 0 Å². The van der Waals surface area contributed by atoms with Crippen LogP contribution < -0.4 is 4.74 Å². The molecule has 0 saturated heterocycles. The highest BCUT2D eigenvalue weighted by Gasteiger charge is 2.09. The summed E-state index contributed by atoms with van der Waals surface area (Å²) in [6, 6.07) is 8.20. The Morgan fingerprint density at radius 2 is 2.28 bits per heavy atom. The first-order valence-corrected chi connectivity index (χ1v) is 5.85. The Labute approximate surface area is 106 Å². The second-order valence-corrected chi connectivity index (χ2v) is 3.97. The lowest BCUT2D eigenvalue weighted by atomic mass is 10.0. The molecule has 1 aromatic carbocycles. The fraction of sp³-hybridized carbons (Fsp3) is 0.286. The smallest absolute Gasteiger partial charge is 0.128 e. The second kappa shape index (κ2) is 5.37. The molecule has 1 aromatic heterocycles. The molecule has 0 atom stereocenters. The van der Waals surface area contributed by atoms with Crippen molar-refractivity contribution in [3.63, 3.8) is 0 Å². The molecule has 4 nitrogen and oxygen atoms in total. The van der Waals surface area contributed by atoms with Crippen LogP contribution in [0.3, 0.4) is 0 Å². The largest absolute Gasteiger partial charge is 0.496 e. The van der Waals surface area contributed by atoms with Gasteiger partial charge in [0.25, 0.3) is 0 Å². The van der Waals surface area contributed by atoms with Crippen LogP contribution in [0.4, 0.5) is 0 Å². The van der Waals surface area contributed by atoms with Crippen LogP contribution in [-0.4, -0.2) is 16.9 Å². The van der Waals surface area contributed by atoms with Gasteiger partial charge < -0.3 is 4.74 Å². The van der Waals surface area contributed by atoms with Crippen molar-refractivity contribution in [3.8, 4) is 22.9 Å². The first-order valence-electron chi connectivity index (χ1n) is 5.85. The van der Waals surface area contributed by atoms with Gasteiger partial charge in [-0.15, -0.1) is 0 Å². The Hall–Kier alpha value is -2.28. The summed E-state index contributed by atoms with van der Waals surface area (Å²) in [5.41, 5.74) is 3.23. The molecule has 1 heterocycles. The van der Waals surface area contributed by atoms with E-state index in [4.69, 9.17) is 10.00 Å². The minimum atomic E-state index is 0.260. The van der Waals surface area contributed by atoms with Crippen LogP contribution in [0.5, 0.6) is 5.75 Å². The van der Waals surface area contributed by atoms with E-state index < -0.39 is 0 Å². The molecule has 0 spiro atoms. The molecule has 0 amide bonds. The average molecular weight is 241 g/mol. The topological polar surface area (TPSA) is 50.8 Å². The van der Waals surface area contributed by atoms with Crippen LogP contribution in [0.15, 0.2) is 30.6 Å². The van der Waals surface area contributed by atoms with Gasteiger partial charge in [0, 0.05) is 17.3 Å². The monoisotopic (exact) mass is 241 g/mol. The quantitative estimate of drug-likeness (QED) is 0.826. The van der Waals surface area contributed by atoms with E-state index in [-0.39, 0.29) is 6.54 Å². The second-order valence-electron chi connectivity index (χ2n) is 3.97. The molecule has 2 aromatic rings. The van der Waals surface area contributed by atoms with Gasteiger partial charge in [0.15, 0.2) is 0 Å². The molecule has 18 heavy (non-hydrogen) atoms. The summed E-state index contributed by atoms with van der Waals surface area (Å²) in [5, 5.41) is 12.8. The zero-order valence-electron chi connectivity index (χ0n) is 10.6. The Morgan fingerprint density at radius 1 is 1.44 bits per heavy atom. The lowest BCUT2D eigenvalue weighted by molar-refractivity contribution is 0.416. The van der Waals surface area contributed by atoms with Crippen molar-refractivity contribution in [1.29, 1.82) is 5.26 Å². The zero-order chi connectivity index (χ0) is 13.0. The molecule has 0 aliphatic rings. The highest BCUT2D eigenvalue weighted by atomic mass is 16.5. The predicted molar refractivity (Wildman–Crippen MR) is 69.2 cm³/mol. The highest BCUT2D eigenvalue weighted by molar-refractivity contribution is 5.70. The number of hydrogen-bond acceptors (Lipinski definition) is 3. The van der Waals surface area contributed by atoms with Crippen LogP contribution in [-0.2, 0) is 13.0 Å². The van der Waals surface area contributed by atoms with Gasteiger partial charge >= 0.3 is 0 Å². The van der Waals surface area contributed by atoms with E-state index in [2.05, 4.69) is 30.2 Å². The van der Waals surface area contributed by atoms with E-state index in [1.54, 1.807) is 18.0 Å². The summed E-state index contributed by atoms with van der Waals surface area (Å²) >= 11 is 0. The average Bonchev–Trinajstić information content (AvgIpc) is 2.87. The molecular weight excluding hydrogens is 226 g/mol. The van der Waals surface area contributed by atoms with Gasteiger partial charge in [-0.3, -0.25) is 4.68 Å². The summed E-state index contributed by atoms with van der Waals surface area (Å²) in [4.78, 5) is 0. The van der Waals surface area contributed by atoms with Crippen molar-refractivity contribution < 1.29 is 4.74 Å². The van der Waals surface area contributed by atoms with Crippen LogP contribution in [0.1, 0.15) is 12.5 Å². The van der Waals surface area contributed by atoms with Gasteiger partial charge in [-0.2, -0.15) is 10.4 Å². The van der Waals surface area contributed by atoms with Gasteiger partial charge in [-0.25, -0.2) is 0 Å². The molecule has 0 aliphatic carbocycles. The van der Waals surface area contributed by atoms with E-state index in [0.29, 0.717) is 0 Å². The van der Waals surface area contributed by atoms with Crippen LogP contribution in [0.25, 0.3) is 11.1 Å². The highest BCUT2D eigenvalue weighted by Crippen LogP contribution is 2.30. The molecule has 0 aliphatic heterocycles. The van der Waals surface area contributed by atoms with Crippen molar-refractivity contribution in [2.75, 3.05) is 7.11 Å². The standard InChI is InChI=1S/C14H15N3O/c1-3-11-4-5-14(18-2)13(8-11)12-9-16-17(10-12)7-6-15/h4-5,8-10H,3,7H2,1-2H3. The van der Waals surface area contributed by atoms with Crippen molar-refractivity contribution in [2.24, 2.45) is 0 Å². The van der Waals surface area contributed by atoms with E-state index in [1.165, 1.54) is 5.56 Å². The number of nitrogens with zero attached hydrogens (tertiary/aromatic N) is 3. The summed E-state index contributed by atoms with van der Waals surface area (Å²) in [5.74, 6) is 0.823. The lowest BCUT2D eigenvalue weighted by Crippen LogP contribution is -1.94. The molecule has 0 fully saturated rings. The number of methoxy groups -OCH3 is 1. The first kappa shape index (κ1) is 12.2. The van der Waals surface area contributed by atoms with E-state index in [0.717, 1.165) is 23.3 Å². The van der Waals surface area contributed by atoms with E-state index >= 15 is 0 Å². The number of ether oxygens (including phenoxy) is 1. The minimum absolute atomic E-state index is 0.260. The van der Waals surface area contributed by atoms with Crippen molar-refractivity contribution in [3.05, 3.63) is 36.2 Å². The predicted octanol–water partition coefficient (Wildman–Crippen LogP) is 2.64. The van der Waals surface area contributed by atoms with Crippen molar-refractivity contribution in [2.45, 2.75) is 19.9 Å². The third kappa shape index (κ3) is 2.35. The number of aryl methyl sites for hydroxylation is 1. The molecular formula is C14H15N3O. The van der Waals surface area contributed by atoms with E-state index in [9.17, 15) is 0 Å². The summed E-state index contributed by atoms with van der Waals surface area (Å²) in [7, 11) is 1.66.